The fourth-order valence-electron chi connectivity index (χ4n) is 3.40. The van der Waals surface area contributed by atoms with Gasteiger partial charge in [-0.3, -0.25) is 14.2 Å². The predicted octanol–water partition coefficient (Wildman–Crippen LogP) is 3.49. The van der Waals surface area contributed by atoms with E-state index in [9.17, 15) is 22.8 Å². The highest BCUT2D eigenvalue weighted by molar-refractivity contribution is 8.00. The Bertz CT molecular complexity index is 1000. The number of ether oxygens (including phenoxy) is 1. The third-order valence-electron chi connectivity index (χ3n) is 4.78. The van der Waals surface area contributed by atoms with Gasteiger partial charge < -0.3 is 9.64 Å². The Kier molecular flexibility index (Phi) is 6.01. The first-order chi connectivity index (χ1) is 14.3. The van der Waals surface area contributed by atoms with E-state index in [0.29, 0.717) is 27.9 Å². The number of aromatic nitrogens is 2. The number of carbonyl (C=O) groups is 1. The molecule has 2 aromatic rings. The van der Waals surface area contributed by atoms with Gasteiger partial charge in [0.2, 0.25) is 5.91 Å². The summed E-state index contributed by atoms with van der Waals surface area (Å²) in [6, 6.07) is 5.06. The summed E-state index contributed by atoms with van der Waals surface area (Å²) in [4.78, 5) is 32.4. The largest absolute Gasteiger partial charge is 0.573 e. The van der Waals surface area contributed by atoms with Gasteiger partial charge >= 0.3 is 6.36 Å². The van der Waals surface area contributed by atoms with Gasteiger partial charge in [0, 0.05) is 25.3 Å². The molecule has 30 heavy (non-hydrogen) atoms. The summed E-state index contributed by atoms with van der Waals surface area (Å²) >= 11 is 2.59. The van der Waals surface area contributed by atoms with Crippen LogP contribution in [0.5, 0.6) is 5.75 Å². The van der Waals surface area contributed by atoms with Gasteiger partial charge in [-0.25, -0.2) is 4.98 Å². The molecule has 1 amide bonds. The molecule has 3 heterocycles. The Morgan fingerprint density at radius 1 is 1.20 bits per heavy atom. The van der Waals surface area contributed by atoms with Gasteiger partial charge in [-0.1, -0.05) is 11.8 Å². The molecule has 2 aliphatic heterocycles. The molecule has 1 aromatic carbocycles. The van der Waals surface area contributed by atoms with Crippen molar-refractivity contribution in [3.8, 4) is 11.4 Å². The van der Waals surface area contributed by atoms with Crippen LogP contribution in [0.4, 0.5) is 13.2 Å². The van der Waals surface area contributed by atoms with Gasteiger partial charge in [0.05, 0.1) is 22.0 Å². The Labute approximate surface area is 178 Å². The average molecular weight is 457 g/mol. The van der Waals surface area contributed by atoms with E-state index in [1.54, 1.807) is 4.90 Å². The lowest BCUT2D eigenvalue weighted by atomic mass is 10.3. The molecule has 0 spiro atoms. The maximum absolute atomic E-state index is 13.1. The Balaban J connectivity index is 1.64. The Morgan fingerprint density at radius 3 is 2.57 bits per heavy atom. The lowest BCUT2D eigenvalue weighted by Gasteiger charge is -2.17. The van der Waals surface area contributed by atoms with Crippen molar-refractivity contribution < 1.29 is 22.7 Å². The van der Waals surface area contributed by atoms with Gasteiger partial charge in [-0.2, -0.15) is 0 Å². The summed E-state index contributed by atoms with van der Waals surface area (Å²) in [6.07, 6.45) is -2.15. The zero-order valence-electron chi connectivity index (χ0n) is 15.8. The summed E-state index contributed by atoms with van der Waals surface area (Å²) in [5, 5.41) is 0.360. The minimum atomic E-state index is -4.79. The lowest BCUT2D eigenvalue weighted by molar-refractivity contribution is -0.274. The molecular formula is C19H18F3N3O3S2. The van der Waals surface area contributed by atoms with Gasteiger partial charge in [0.1, 0.15) is 5.75 Å². The van der Waals surface area contributed by atoms with Crippen molar-refractivity contribution in [3.63, 3.8) is 0 Å². The van der Waals surface area contributed by atoms with Crippen LogP contribution in [0.25, 0.3) is 5.69 Å². The second kappa shape index (κ2) is 8.54. The highest BCUT2D eigenvalue weighted by Gasteiger charge is 2.31. The third kappa shape index (κ3) is 4.61. The number of nitrogens with zero attached hydrogens (tertiary/aromatic N) is 3. The standard InChI is InChI=1S/C19H18F3N3O3S2/c20-19(21,22)28-13-5-3-12(4-6-13)25-17(27)16-14(7-10-29-16)23-18(25)30-11-15(26)24-8-1-2-9-24/h3-6H,1-2,7-11H2. The monoisotopic (exact) mass is 457 g/mol. The number of benzene rings is 1. The second-order valence-corrected chi connectivity index (χ2v) is 8.88. The minimum absolute atomic E-state index is 0.0119. The summed E-state index contributed by atoms with van der Waals surface area (Å²) in [7, 11) is 0. The van der Waals surface area contributed by atoms with Gasteiger partial charge in [-0.05, 0) is 37.1 Å². The van der Waals surface area contributed by atoms with Crippen LogP contribution in [0.1, 0.15) is 18.5 Å². The smallest absolute Gasteiger partial charge is 0.406 e. The molecule has 0 bridgehead atoms. The number of hydrogen-bond donors (Lipinski definition) is 0. The maximum atomic E-state index is 13.1. The summed E-state index contributed by atoms with van der Waals surface area (Å²) < 4.78 is 42.5. The number of carbonyl (C=O) groups excluding carboxylic acids is 1. The second-order valence-electron chi connectivity index (χ2n) is 6.83. The van der Waals surface area contributed by atoms with E-state index >= 15 is 0 Å². The molecule has 0 unspecified atom stereocenters. The van der Waals surface area contributed by atoms with Crippen molar-refractivity contribution in [2.75, 3.05) is 24.6 Å². The molecule has 2 aliphatic rings. The SMILES string of the molecule is O=C(CSc1nc2c(c(=O)n1-c1ccc(OC(F)(F)F)cc1)SCC2)N1CCCC1. The Morgan fingerprint density at radius 2 is 1.90 bits per heavy atom. The first kappa shape index (κ1) is 21.1. The van der Waals surface area contributed by atoms with Crippen molar-refractivity contribution in [1.82, 2.24) is 14.5 Å². The van der Waals surface area contributed by atoms with E-state index in [2.05, 4.69) is 9.72 Å². The topological polar surface area (TPSA) is 64.4 Å². The van der Waals surface area contributed by atoms with Crippen molar-refractivity contribution >= 4 is 29.4 Å². The molecule has 1 fully saturated rings. The molecule has 0 atom stereocenters. The number of amides is 1. The number of rotatable bonds is 5. The fraction of sp³-hybridized carbons (Fsp3) is 0.421. The maximum Gasteiger partial charge on any atom is 0.573 e. The number of hydrogen-bond acceptors (Lipinski definition) is 6. The quantitative estimate of drug-likeness (QED) is 0.506. The van der Waals surface area contributed by atoms with Crippen LogP contribution in [-0.4, -0.2) is 51.3 Å². The number of aryl methyl sites for hydroxylation is 1. The van der Waals surface area contributed by atoms with E-state index in [1.807, 2.05) is 0 Å². The van der Waals surface area contributed by atoms with E-state index in [1.165, 1.54) is 40.2 Å². The fourth-order valence-corrected chi connectivity index (χ4v) is 5.35. The molecule has 1 saturated heterocycles. The van der Waals surface area contributed by atoms with Crippen molar-refractivity contribution in [2.45, 2.75) is 35.7 Å². The van der Waals surface area contributed by atoms with Crippen LogP contribution < -0.4 is 10.3 Å². The normalized spacial score (nSPS) is 16.0. The first-order valence-electron chi connectivity index (χ1n) is 9.37. The lowest BCUT2D eigenvalue weighted by Crippen LogP contribution is -2.30. The van der Waals surface area contributed by atoms with Crippen LogP contribution in [0.15, 0.2) is 39.1 Å². The van der Waals surface area contributed by atoms with Gasteiger partial charge in [-0.15, -0.1) is 24.9 Å². The molecule has 11 heteroatoms. The summed E-state index contributed by atoms with van der Waals surface area (Å²) in [5.74, 6) is 0.507. The van der Waals surface area contributed by atoms with Crippen LogP contribution in [-0.2, 0) is 11.2 Å². The number of likely N-dealkylation sites (tertiary alicyclic amines) is 1. The number of thioether (sulfide) groups is 2. The zero-order chi connectivity index (χ0) is 21.3. The molecule has 0 radical (unpaired) electrons. The molecule has 0 N–H and O–H groups in total. The molecule has 160 valence electrons. The van der Waals surface area contributed by atoms with Crippen molar-refractivity contribution in [3.05, 3.63) is 40.3 Å². The number of alkyl halides is 3. The summed E-state index contributed by atoms with van der Waals surface area (Å²) in [6.45, 7) is 1.47. The predicted molar refractivity (Wildman–Crippen MR) is 107 cm³/mol. The summed E-state index contributed by atoms with van der Waals surface area (Å²) in [5.41, 5.74) is 0.797. The third-order valence-corrected chi connectivity index (χ3v) is 6.81. The van der Waals surface area contributed by atoms with Gasteiger partial charge in [0.25, 0.3) is 5.56 Å². The molecular weight excluding hydrogens is 439 g/mol. The van der Waals surface area contributed by atoms with Crippen LogP contribution in [0, 0.1) is 0 Å². The van der Waals surface area contributed by atoms with Crippen LogP contribution >= 0.6 is 23.5 Å². The van der Waals surface area contributed by atoms with E-state index < -0.39 is 6.36 Å². The molecule has 6 nitrogen and oxygen atoms in total. The molecule has 0 aliphatic carbocycles. The van der Waals surface area contributed by atoms with Crippen LogP contribution in [0.2, 0.25) is 0 Å². The van der Waals surface area contributed by atoms with E-state index in [0.717, 1.165) is 43.8 Å². The van der Waals surface area contributed by atoms with E-state index in [4.69, 9.17) is 0 Å². The molecule has 0 saturated carbocycles. The number of fused-ring (bicyclic) bond motifs is 1. The molecule has 1 aromatic heterocycles. The average Bonchev–Trinajstić information content (AvgIpc) is 3.38. The number of halogens is 3. The van der Waals surface area contributed by atoms with Crippen molar-refractivity contribution in [2.24, 2.45) is 0 Å². The van der Waals surface area contributed by atoms with Gasteiger partial charge in [0.15, 0.2) is 5.16 Å². The minimum Gasteiger partial charge on any atom is -0.406 e. The first-order valence-corrected chi connectivity index (χ1v) is 11.3. The van der Waals surface area contributed by atoms with Crippen LogP contribution in [0.3, 0.4) is 0 Å². The molecule has 4 rings (SSSR count). The van der Waals surface area contributed by atoms with E-state index in [-0.39, 0.29) is 23.0 Å². The highest BCUT2D eigenvalue weighted by Crippen LogP contribution is 2.31. The zero-order valence-corrected chi connectivity index (χ0v) is 17.4. The highest BCUT2D eigenvalue weighted by atomic mass is 32.2. The Hall–Kier alpha value is -2.14. The van der Waals surface area contributed by atoms with Crippen molar-refractivity contribution in [1.29, 1.82) is 0 Å².